The summed E-state index contributed by atoms with van der Waals surface area (Å²) in [6, 6.07) is 26.1. The van der Waals surface area contributed by atoms with Crippen molar-refractivity contribution in [1.82, 2.24) is 10.2 Å². The zero-order valence-corrected chi connectivity index (χ0v) is 21.2. The summed E-state index contributed by atoms with van der Waals surface area (Å²) in [6.45, 7) is 6.72. The van der Waals surface area contributed by atoms with Crippen LogP contribution in [0.1, 0.15) is 29.5 Å². The average molecular weight is 485 g/mol. The number of amides is 1. The Bertz CT molecular complexity index is 1170. The van der Waals surface area contributed by atoms with E-state index in [0.29, 0.717) is 13.1 Å². The monoisotopic (exact) mass is 484 g/mol. The normalized spacial score (nSPS) is 16.1. The van der Waals surface area contributed by atoms with E-state index in [1.165, 1.54) is 40.9 Å². The number of nitrogens with one attached hydrogen (secondary N) is 1. The molecule has 3 aromatic carbocycles. The fourth-order valence-corrected chi connectivity index (χ4v) is 5.21. The lowest BCUT2D eigenvalue weighted by Crippen LogP contribution is -2.47. The summed E-state index contributed by atoms with van der Waals surface area (Å²) in [5.74, 6) is 0.982. The van der Waals surface area contributed by atoms with E-state index in [4.69, 9.17) is 4.74 Å². The van der Waals surface area contributed by atoms with Gasteiger partial charge in [-0.2, -0.15) is 0 Å². The summed E-state index contributed by atoms with van der Waals surface area (Å²) in [5, 5.41) is 2.91. The number of nitrogens with zero attached hydrogens (tertiary/aromatic N) is 3. The average Bonchev–Trinajstić information content (AvgIpc) is 3.44. The van der Waals surface area contributed by atoms with Crippen molar-refractivity contribution in [2.45, 2.75) is 32.5 Å². The first-order chi connectivity index (χ1) is 17.7. The minimum absolute atomic E-state index is 0.106. The number of hydrogen-bond acceptors (Lipinski definition) is 5. The van der Waals surface area contributed by atoms with Gasteiger partial charge in [-0.15, -0.1) is 0 Å². The van der Waals surface area contributed by atoms with Crippen LogP contribution in [0.4, 0.5) is 11.4 Å². The summed E-state index contributed by atoms with van der Waals surface area (Å²) in [5.41, 5.74) is 6.25. The molecule has 0 aromatic heterocycles. The van der Waals surface area contributed by atoms with Gasteiger partial charge in [-0.3, -0.25) is 9.69 Å². The molecule has 36 heavy (non-hydrogen) atoms. The van der Waals surface area contributed by atoms with Crippen LogP contribution in [0, 0.1) is 0 Å². The highest BCUT2D eigenvalue weighted by Gasteiger charge is 2.18. The predicted molar refractivity (Wildman–Crippen MR) is 145 cm³/mol. The van der Waals surface area contributed by atoms with Crippen LogP contribution in [-0.2, 0) is 24.4 Å². The first-order valence-corrected chi connectivity index (χ1v) is 13.0. The molecule has 2 aliphatic rings. The molecule has 2 aliphatic heterocycles. The van der Waals surface area contributed by atoms with Crippen molar-refractivity contribution in [3.63, 3.8) is 0 Å². The number of benzene rings is 3. The summed E-state index contributed by atoms with van der Waals surface area (Å²) in [4.78, 5) is 19.0. The largest absolute Gasteiger partial charge is 0.497 e. The van der Waals surface area contributed by atoms with Crippen LogP contribution >= 0.6 is 0 Å². The molecule has 0 radical (unpaired) electrons. The van der Waals surface area contributed by atoms with Crippen molar-refractivity contribution in [3.8, 4) is 5.75 Å². The van der Waals surface area contributed by atoms with E-state index in [-0.39, 0.29) is 5.91 Å². The van der Waals surface area contributed by atoms with Crippen molar-refractivity contribution in [3.05, 3.63) is 89.5 Å². The molecule has 6 heteroatoms. The number of carbonyl (C=O) groups is 1. The summed E-state index contributed by atoms with van der Waals surface area (Å²) < 4.78 is 5.48. The van der Waals surface area contributed by atoms with Crippen molar-refractivity contribution < 1.29 is 9.53 Å². The number of anilines is 2. The van der Waals surface area contributed by atoms with Crippen LogP contribution in [-0.4, -0.2) is 50.6 Å². The van der Waals surface area contributed by atoms with E-state index in [0.717, 1.165) is 45.0 Å². The van der Waals surface area contributed by atoms with Gasteiger partial charge in [0.15, 0.2) is 0 Å². The maximum Gasteiger partial charge on any atom is 0.234 e. The summed E-state index contributed by atoms with van der Waals surface area (Å²) >= 11 is 0. The number of rotatable bonds is 9. The molecular weight excluding hydrogens is 448 g/mol. The third kappa shape index (κ3) is 6.18. The number of hydrogen-bond donors (Lipinski definition) is 1. The molecule has 0 saturated carbocycles. The quantitative estimate of drug-likeness (QED) is 0.487. The number of methoxy groups -OCH3 is 1. The lowest BCUT2D eigenvalue weighted by Gasteiger charge is -2.29. The van der Waals surface area contributed by atoms with Gasteiger partial charge in [-0.05, 0) is 65.9 Å². The van der Waals surface area contributed by atoms with E-state index in [9.17, 15) is 4.79 Å². The Morgan fingerprint density at radius 3 is 2.36 bits per heavy atom. The molecule has 0 bridgehead atoms. The van der Waals surface area contributed by atoms with E-state index in [1.807, 2.05) is 6.07 Å². The highest BCUT2D eigenvalue weighted by molar-refractivity contribution is 5.78. The molecular formula is C30H36N4O2. The standard InChI is InChI=1S/C30H36N4O2/c1-36-29-12-6-9-26(19-29)22-34(21-25-8-5-10-27(18-25)33-14-2-3-15-33)28-11-4-7-24(17-28)20-32-16-13-31-30(35)23-32/h4-12,17-19H,2-3,13-16,20-23H2,1H3,(H,31,35). The fraction of sp³-hybridized carbons (Fsp3) is 0.367. The molecule has 0 unspecified atom stereocenters. The van der Waals surface area contributed by atoms with Gasteiger partial charge < -0.3 is 19.9 Å². The maximum atomic E-state index is 11.8. The number of piperazine rings is 1. The van der Waals surface area contributed by atoms with Crippen LogP contribution in [0.2, 0.25) is 0 Å². The van der Waals surface area contributed by atoms with Crippen LogP contribution < -0.4 is 19.9 Å². The Kier molecular flexibility index (Phi) is 7.72. The first kappa shape index (κ1) is 24.2. The van der Waals surface area contributed by atoms with Gasteiger partial charge in [0, 0.05) is 57.2 Å². The zero-order chi connectivity index (χ0) is 24.7. The predicted octanol–water partition coefficient (Wildman–Crippen LogP) is 4.43. The minimum atomic E-state index is 0.106. The molecule has 2 heterocycles. The van der Waals surface area contributed by atoms with E-state index >= 15 is 0 Å². The number of carbonyl (C=O) groups excluding carboxylic acids is 1. The van der Waals surface area contributed by atoms with E-state index in [2.05, 4.69) is 86.7 Å². The molecule has 3 aromatic rings. The maximum absolute atomic E-state index is 11.8. The molecule has 2 saturated heterocycles. The molecule has 0 spiro atoms. The van der Waals surface area contributed by atoms with Crippen molar-refractivity contribution in [1.29, 1.82) is 0 Å². The van der Waals surface area contributed by atoms with Gasteiger partial charge >= 0.3 is 0 Å². The van der Waals surface area contributed by atoms with Gasteiger partial charge in [-0.25, -0.2) is 0 Å². The lowest BCUT2D eigenvalue weighted by atomic mass is 10.1. The summed E-state index contributed by atoms with van der Waals surface area (Å²) in [7, 11) is 1.71. The van der Waals surface area contributed by atoms with Crippen molar-refractivity contribution in [2.75, 3.05) is 49.6 Å². The van der Waals surface area contributed by atoms with Crippen LogP contribution in [0.5, 0.6) is 5.75 Å². The van der Waals surface area contributed by atoms with Crippen molar-refractivity contribution >= 4 is 17.3 Å². The van der Waals surface area contributed by atoms with Gasteiger partial charge in [0.25, 0.3) is 0 Å². The minimum Gasteiger partial charge on any atom is -0.497 e. The molecule has 188 valence electrons. The molecule has 2 fully saturated rings. The molecule has 0 atom stereocenters. The fourth-order valence-electron chi connectivity index (χ4n) is 5.21. The van der Waals surface area contributed by atoms with Crippen LogP contribution in [0.25, 0.3) is 0 Å². The Hall–Kier alpha value is -3.51. The second-order valence-corrected chi connectivity index (χ2v) is 9.80. The smallest absolute Gasteiger partial charge is 0.234 e. The SMILES string of the molecule is COc1cccc(CN(Cc2cccc(N3CCCC3)c2)c2cccc(CN3CCNC(=O)C3)c2)c1. The van der Waals surface area contributed by atoms with Gasteiger partial charge in [0.1, 0.15) is 5.75 Å². The Morgan fingerprint density at radius 2 is 1.58 bits per heavy atom. The number of ether oxygens (including phenoxy) is 1. The van der Waals surface area contributed by atoms with Crippen LogP contribution in [0.3, 0.4) is 0 Å². The molecule has 1 N–H and O–H groups in total. The second kappa shape index (κ2) is 11.5. The first-order valence-electron chi connectivity index (χ1n) is 13.0. The van der Waals surface area contributed by atoms with Gasteiger partial charge in [-0.1, -0.05) is 36.4 Å². The Morgan fingerprint density at radius 1 is 0.861 bits per heavy atom. The zero-order valence-electron chi connectivity index (χ0n) is 21.2. The second-order valence-electron chi connectivity index (χ2n) is 9.80. The van der Waals surface area contributed by atoms with Gasteiger partial charge in [0.2, 0.25) is 5.91 Å². The third-order valence-electron chi connectivity index (χ3n) is 7.06. The summed E-state index contributed by atoms with van der Waals surface area (Å²) in [6.07, 6.45) is 2.55. The van der Waals surface area contributed by atoms with Crippen molar-refractivity contribution in [2.24, 2.45) is 0 Å². The molecule has 1 amide bonds. The Balaban J connectivity index is 1.40. The van der Waals surface area contributed by atoms with Crippen LogP contribution in [0.15, 0.2) is 72.8 Å². The topological polar surface area (TPSA) is 48.1 Å². The van der Waals surface area contributed by atoms with E-state index in [1.54, 1.807) is 7.11 Å². The van der Waals surface area contributed by atoms with Gasteiger partial charge in [0.05, 0.1) is 13.7 Å². The highest BCUT2D eigenvalue weighted by Crippen LogP contribution is 2.26. The Labute approximate surface area is 214 Å². The third-order valence-corrected chi connectivity index (χ3v) is 7.06. The molecule has 5 rings (SSSR count). The van der Waals surface area contributed by atoms with E-state index < -0.39 is 0 Å². The molecule has 0 aliphatic carbocycles. The molecule has 6 nitrogen and oxygen atoms in total. The highest BCUT2D eigenvalue weighted by atomic mass is 16.5. The lowest BCUT2D eigenvalue weighted by molar-refractivity contribution is -0.124.